The van der Waals surface area contributed by atoms with E-state index >= 15 is 0 Å². The highest BCUT2D eigenvalue weighted by Gasteiger charge is 2.24. The minimum atomic E-state index is -0.0452. The van der Waals surface area contributed by atoms with Gasteiger partial charge in [-0.3, -0.25) is 4.79 Å². The second-order valence-electron chi connectivity index (χ2n) is 9.28. The predicted octanol–water partition coefficient (Wildman–Crippen LogP) is 5.69. The summed E-state index contributed by atoms with van der Waals surface area (Å²) in [5.74, 6) is 0.728. The number of benzene rings is 3. The number of hydrogen-bond acceptors (Lipinski definition) is 5. The van der Waals surface area contributed by atoms with E-state index in [2.05, 4.69) is 21.7 Å². The fourth-order valence-corrected chi connectivity index (χ4v) is 4.09. The smallest absolute Gasteiger partial charge is 0.251 e. The molecule has 1 aliphatic carbocycles. The van der Waals surface area contributed by atoms with Crippen molar-refractivity contribution in [2.45, 2.75) is 45.7 Å². The molecule has 1 saturated carbocycles. The minimum absolute atomic E-state index is 0.0452. The van der Waals surface area contributed by atoms with Crippen LogP contribution in [0.1, 0.15) is 42.6 Å². The van der Waals surface area contributed by atoms with Gasteiger partial charge in [0.1, 0.15) is 5.75 Å². The first-order valence-corrected chi connectivity index (χ1v) is 11.7. The largest absolute Gasteiger partial charge is 0.508 e. The summed E-state index contributed by atoms with van der Waals surface area (Å²) in [6.07, 6.45) is 3.91. The standard InChI is InChI=1S/C28H28N4O2/c1-16(2)30-28-29-15-20-13-25(24(14-26(20)32-28)18-5-4-6-22(33)11-18)23-12-19(8-7-17(23)3)27(34)31-21-9-10-21/h4-8,11-16,21,33H,9-10H2,1-3H3,(H,31,34)(H,29,30,32). The van der Waals surface area contributed by atoms with E-state index in [1.54, 1.807) is 12.1 Å². The maximum Gasteiger partial charge on any atom is 0.251 e. The van der Waals surface area contributed by atoms with Crippen molar-refractivity contribution in [2.24, 2.45) is 0 Å². The van der Waals surface area contributed by atoms with Crippen LogP contribution in [0.4, 0.5) is 5.95 Å². The summed E-state index contributed by atoms with van der Waals surface area (Å²) in [6.45, 7) is 6.13. The first-order chi connectivity index (χ1) is 16.4. The molecule has 1 aromatic heterocycles. The van der Waals surface area contributed by atoms with Crippen LogP contribution in [-0.2, 0) is 0 Å². The van der Waals surface area contributed by atoms with Gasteiger partial charge in [-0.2, -0.15) is 0 Å². The lowest BCUT2D eigenvalue weighted by atomic mass is 9.89. The molecule has 0 radical (unpaired) electrons. The molecule has 3 N–H and O–H groups in total. The fraction of sp³-hybridized carbons (Fsp3) is 0.250. The van der Waals surface area contributed by atoms with Crippen molar-refractivity contribution < 1.29 is 9.90 Å². The zero-order valence-corrected chi connectivity index (χ0v) is 19.6. The van der Waals surface area contributed by atoms with Crippen molar-refractivity contribution in [3.8, 4) is 28.0 Å². The Labute approximate surface area is 199 Å². The highest BCUT2D eigenvalue weighted by molar-refractivity contribution is 5.99. The molecule has 34 heavy (non-hydrogen) atoms. The van der Waals surface area contributed by atoms with Crippen LogP contribution in [0.25, 0.3) is 33.2 Å². The zero-order valence-electron chi connectivity index (χ0n) is 19.6. The van der Waals surface area contributed by atoms with Gasteiger partial charge in [0.05, 0.1) is 5.52 Å². The molecule has 4 aromatic rings. The van der Waals surface area contributed by atoms with Crippen LogP contribution in [0, 0.1) is 6.92 Å². The molecule has 0 spiro atoms. The summed E-state index contributed by atoms with van der Waals surface area (Å²) in [5, 5.41) is 17.4. The lowest BCUT2D eigenvalue weighted by Gasteiger charge is -2.16. The third kappa shape index (κ3) is 4.57. The van der Waals surface area contributed by atoms with Gasteiger partial charge in [0.15, 0.2) is 0 Å². The van der Waals surface area contributed by atoms with E-state index < -0.39 is 0 Å². The number of aromatic nitrogens is 2. The van der Waals surface area contributed by atoms with Gasteiger partial charge in [0, 0.05) is 29.2 Å². The van der Waals surface area contributed by atoms with Gasteiger partial charge in [0.2, 0.25) is 5.95 Å². The molecule has 172 valence electrons. The number of fused-ring (bicyclic) bond motifs is 1. The lowest BCUT2D eigenvalue weighted by molar-refractivity contribution is 0.0951. The number of aromatic hydroxyl groups is 1. The predicted molar refractivity (Wildman–Crippen MR) is 136 cm³/mol. The monoisotopic (exact) mass is 452 g/mol. The number of phenolic OH excluding ortho intramolecular Hbond substituents is 1. The SMILES string of the molecule is Cc1ccc(C(=O)NC2CC2)cc1-c1cc2cnc(NC(C)C)nc2cc1-c1cccc(O)c1. The number of phenols is 1. The number of amides is 1. The maximum absolute atomic E-state index is 12.8. The highest BCUT2D eigenvalue weighted by Crippen LogP contribution is 2.38. The fourth-order valence-electron chi connectivity index (χ4n) is 4.09. The van der Waals surface area contributed by atoms with Crippen LogP contribution in [0.5, 0.6) is 5.75 Å². The molecule has 1 heterocycles. The Morgan fingerprint density at radius 1 is 1.03 bits per heavy atom. The highest BCUT2D eigenvalue weighted by atomic mass is 16.3. The Balaban J connectivity index is 1.69. The molecular formula is C28H28N4O2. The lowest BCUT2D eigenvalue weighted by Crippen LogP contribution is -2.25. The van der Waals surface area contributed by atoms with Crippen molar-refractivity contribution in [3.05, 3.63) is 71.9 Å². The van der Waals surface area contributed by atoms with Gasteiger partial charge in [-0.15, -0.1) is 0 Å². The molecule has 1 fully saturated rings. The third-order valence-electron chi connectivity index (χ3n) is 6.00. The van der Waals surface area contributed by atoms with Crippen LogP contribution in [-0.4, -0.2) is 33.1 Å². The zero-order chi connectivity index (χ0) is 23.8. The summed E-state index contributed by atoms with van der Waals surface area (Å²) in [5.41, 5.74) is 6.24. The van der Waals surface area contributed by atoms with Gasteiger partial charge < -0.3 is 15.7 Å². The van der Waals surface area contributed by atoms with Crippen molar-refractivity contribution in [2.75, 3.05) is 5.32 Å². The minimum Gasteiger partial charge on any atom is -0.508 e. The van der Waals surface area contributed by atoms with Gasteiger partial charge >= 0.3 is 0 Å². The average Bonchev–Trinajstić information content (AvgIpc) is 3.62. The number of nitrogens with one attached hydrogen (secondary N) is 2. The molecule has 0 saturated heterocycles. The van der Waals surface area contributed by atoms with Crippen LogP contribution >= 0.6 is 0 Å². The van der Waals surface area contributed by atoms with Gasteiger partial charge in [-0.05, 0) is 97.8 Å². The second kappa shape index (κ2) is 8.78. The summed E-state index contributed by atoms with van der Waals surface area (Å²) in [7, 11) is 0. The summed E-state index contributed by atoms with van der Waals surface area (Å²) >= 11 is 0. The number of carbonyl (C=O) groups is 1. The Kier molecular flexibility index (Phi) is 5.65. The van der Waals surface area contributed by atoms with Gasteiger partial charge in [0.25, 0.3) is 5.91 Å². The summed E-state index contributed by atoms with van der Waals surface area (Å²) in [6, 6.07) is 17.6. The van der Waals surface area contributed by atoms with Gasteiger partial charge in [-0.1, -0.05) is 18.2 Å². The Hall–Kier alpha value is -3.93. The van der Waals surface area contributed by atoms with Crippen molar-refractivity contribution >= 4 is 22.8 Å². The average molecular weight is 453 g/mol. The van der Waals surface area contributed by atoms with Crippen LogP contribution < -0.4 is 10.6 Å². The van der Waals surface area contributed by atoms with E-state index in [1.807, 2.05) is 63.4 Å². The molecule has 0 atom stereocenters. The molecule has 0 aliphatic heterocycles. The summed E-state index contributed by atoms with van der Waals surface area (Å²) in [4.78, 5) is 22.0. The summed E-state index contributed by atoms with van der Waals surface area (Å²) < 4.78 is 0. The third-order valence-corrected chi connectivity index (χ3v) is 6.00. The Morgan fingerprint density at radius 3 is 2.59 bits per heavy atom. The second-order valence-corrected chi connectivity index (χ2v) is 9.28. The van der Waals surface area contributed by atoms with Crippen LogP contribution in [0.3, 0.4) is 0 Å². The number of anilines is 1. The topological polar surface area (TPSA) is 87.1 Å². The Bertz CT molecular complexity index is 1390. The molecule has 1 amide bonds. The number of carbonyl (C=O) groups excluding carboxylic acids is 1. The van der Waals surface area contributed by atoms with E-state index in [-0.39, 0.29) is 17.7 Å². The van der Waals surface area contributed by atoms with Gasteiger partial charge in [-0.25, -0.2) is 9.97 Å². The van der Waals surface area contributed by atoms with Crippen molar-refractivity contribution in [3.63, 3.8) is 0 Å². The molecule has 3 aromatic carbocycles. The number of hydrogen-bond donors (Lipinski definition) is 3. The number of aryl methyl sites for hydroxylation is 1. The van der Waals surface area contributed by atoms with Crippen molar-refractivity contribution in [1.82, 2.24) is 15.3 Å². The quantitative estimate of drug-likeness (QED) is 0.350. The van der Waals surface area contributed by atoms with Crippen LogP contribution in [0.2, 0.25) is 0 Å². The van der Waals surface area contributed by atoms with E-state index in [0.29, 0.717) is 17.6 Å². The first-order valence-electron chi connectivity index (χ1n) is 11.7. The normalized spacial score (nSPS) is 13.3. The molecule has 6 nitrogen and oxygen atoms in total. The van der Waals surface area contributed by atoms with Crippen molar-refractivity contribution in [1.29, 1.82) is 0 Å². The molecule has 6 heteroatoms. The number of nitrogens with zero attached hydrogens (tertiary/aromatic N) is 2. The molecule has 1 aliphatic rings. The maximum atomic E-state index is 12.8. The van der Waals surface area contributed by atoms with Crippen LogP contribution in [0.15, 0.2) is 60.8 Å². The molecule has 5 rings (SSSR count). The van der Waals surface area contributed by atoms with E-state index in [4.69, 9.17) is 4.98 Å². The van der Waals surface area contributed by atoms with E-state index in [9.17, 15) is 9.90 Å². The Morgan fingerprint density at radius 2 is 1.85 bits per heavy atom. The molecular weight excluding hydrogens is 424 g/mol. The number of rotatable bonds is 6. The van der Waals surface area contributed by atoms with E-state index in [0.717, 1.165) is 51.6 Å². The first kappa shape index (κ1) is 21.9. The molecule has 0 unspecified atom stereocenters. The van der Waals surface area contributed by atoms with E-state index in [1.165, 1.54) is 0 Å². The molecule has 0 bridgehead atoms.